The van der Waals surface area contributed by atoms with Crippen LogP contribution in [0.15, 0.2) is 23.7 Å². The Kier molecular flexibility index (Phi) is 3.25. The molecule has 0 saturated carbocycles. The van der Waals surface area contributed by atoms with E-state index in [0.717, 1.165) is 17.4 Å². The van der Waals surface area contributed by atoms with Gasteiger partial charge in [0.1, 0.15) is 10.5 Å². The molecule has 0 aliphatic rings. The lowest BCUT2D eigenvalue weighted by Crippen LogP contribution is -2.12. The highest BCUT2D eigenvalue weighted by molar-refractivity contribution is 7.12. The molecule has 0 unspecified atom stereocenters. The lowest BCUT2D eigenvalue weighted by Gasteiger charge is -2.14. The molecule has 19 heavy (non-hydrogen) atoms. The van der Waals surface area contributed by atoms with Gasteiger partial charge in [0.2, 0.25) is 0 Å². The first kappa shape index (κ1) is 13.8. The minimum absolute atomic E-state index is 0.0801. The third-order valence-electron chi connectivity index (χ3n) is 2.24. The minimum Gasteiger partial charge on any atom is -0.166 e. The van der Waals surface area contributed by atoms with Crippen molar-refractivity contribution in [2.45, 2.75) is 12.4 Å². The molecule has 0 fully saturated rings. The summed E-state index contributed by atoms with van der Waals surface area (Å²) in [6.07, 6.45) is -9.73. The molecule has 0 aliphatic heterocycles. The van der Waals surface area contributed by atoms with Crippen LogP contribution >= 0.6 is 11.3 Å². The molecule has 1 aromatic carbocycles. The van der Waals surface area contributed by atoms with E-state index in [2.05, 4.69) is 10.2 Å². The average Bonchev–Trinajstić information content (AvgIpc) is 2.79. The second-order valence-corrected chi connectivity index (χ2v) is 4.33. The highest BCUT2D eigenvalue weighted by Gasteiger charge is 2.38. The maximum absolute atomic E-state index is 12.8. The molecule has 2 rings (SSSR count). The van der Waals surface area contributed by atoms with E-state index < -0.39 is 29.0 Å². The monoisotopic (exact) mass is 298 g/mol. The highest BCUT2D eigenvalue weighted by Crippen LogP contribution is 2.40. The summed E-state index contributed by atoms with van der Waals surface area (Å²) >= 11 is 0.816. The molecule has 0 bridgehead atoms. The zero-order valence-corrected chi connectivity index (χ0v) is 9.70. The number of hydrogen-bond donors (Lipinski definition) is 0. The smallest absolute Gasteiger partial charge is 0.166 e. The van der Waals surface area contributed by atoms with Crippen LogP contribution < -0.4 is 0 Å². The van der Waals surface area contributed by atoms with Crippen molar-refractivity contribution in [3.63, 3.8) is 0 Å². The summed E-state index contributed by atoms with van der Waals surface area (Å²) in [5, 5.41) is 6.73. The first-order chi connectivity index (χ1) is 8.69. The summed E-state index contributed by atoms with van der Waals surface area (Å²) < 4.78 is 75.7. The Morgan fingerprint density at radius 3 is 2.11 bits per heavy atom. The van der Waals surface area contributed by atoms with Crippen LogP contribution in [0, 0.1) is 0 Å². The fourth-order valence-corrected chi connectivity index (χ4v) is 2.03. The van der Waals surface area contributed by atoms with Gasteiger partial charge in [-0.15, -0.1) is 10.2 Å². The van der Waals surface area contributed by atoms with Gasteiger partial charge in [-0.05, 0) is 12.1 Å². The molecule has 9 heteroatoms. The Bertz CT molecular complexity index is 573. The van der Waals surface area contributed by atoms with Crippen LogP contribution in [0.2, 0.25) is 0 Å². The van der Waals surface area contributed by atoms with Crippen LogP contribution in [0.3, 0.4) is 0 Å². The second kappa shape index (κ2) is 4.48. The fourth-order valence-electron chi connectivity index (χ4n) is 1.43. The first-order valence-electron chi connectivity index (χ1n) is 4.74. The fraction of sp³-hybridized carbons (Fsp3) is 0.200. The van der Waals surface area contributed by atoms with Gasteiger partial charge in [0, 0.05) is 5.56 Å². The van der Waals surface area contributed by atoms with Crippen molar-refractivity contribution in [2.24, 2.45) is 0 Å². The van der Waals surface area contributed by atoms with Crippen molar-refractivity contribution in [3.05, 3.63) is 34.8 Å². The Labute approximate surface area is 106 Å². The summed E-state index contributed by atoms with van der Waals surface area (Å²) in [6, 6.07) is 1.43. The van der Waals surface area contributed by atoms with E-state index in [1.54, 1.807) is 0 Å². The van der Waals surface area contributed by atoms with E-state index >= 15 is 0 Å². The average molecular weight is 298 g/mol. The van der Waals surface area contributed by atoms with E-state index in [0.29, 0.717) is 6.07 Å². The molecular weight excluding hydrogens is 294 g/mol. The largest absolute Gasteiger partial charge is 0.417 e. The third kappa shape index (κ3) is 2.86. The molecule has 0 radical (unpaired) electrons. The first-order valence-corrected chi connectivity index (χ1v) is 5.62. The Morgan fingerprint density at radius 1 is 0.947 bits per heavy atom. The van der Waals surface area contributed by atoms with Crippen LogP contribution in [-0.4, -0.2) is 10.2 Å². The highest BCUT2D eigenvalue weighted by atomic mass is 32.1. The molecule has 0 saturated heterocycles. The summed E-state index contributed by atoms with van der Waals surface area (Å²) in [4.78, 5) is 0. The standard InChI is InChI=1S/C10H4F6N2S/c11-9(12,13)5-1-2-6(8-18-17-4-19-8)7(3-5)10(14,15)16/h1-4H. The zero-order chi connectivity index (χ0) is 14.3. The lowest BCUT2D eigenvalue weighted by molar-refractivity contribution is -0.142. The molecular formula is C10H4F6N2S. The number of hydrogen-bond acceptors (Lipinski definition) is 3. The predicted octanol–water partition coefficient (Wildman–Crippen LogP) is 4.24. The third-order valence-corrected chi connectivity index (χ3v) is 2.97. The van der Waals surface area contributed by atoms with E-state index in [9.17, 15) is 26.3 Å². The van der Waals surface area contributed by atoms with Crippen LogP contribution in [0.5, 0.6) is 0 Å². The predicted molar refractivity (Wildman–Crippen MR) is 55.3 cm³/mol. The summed E-state index contributed by atoms with van der Waals surface area (Å²) in [7, 11) is 0. The number of halogens is 6. The Hall–Kier alpha value is -1.64. The molecule has 102 valence electrons. The van der Waals surface area contributed by atoms with Gasteiger partial charge in [0.15, 0.2) is 0 Å². The number of alkyl halides is 6. The van der Waals surface area contributed by atoms with Gasteiger partial charge in [-0.2, -0.15) is 26.3 Å². The number of aromatic nitrogens is 2. The number of benzene rings is 1. The van der Waals surface area contributed by atoms with Gasteiger partial charge in [-0.3, -0.25) is 0 Å². The van der Waals surface area contributed by atoms with E-state index in [4.69, 9.17) is 0 Å². The summed E-state index contributed by atoms with van der Waals surface area (Å²) in [5.41, 5.74) is -1.94. The van der Waals surface area contributed by atoms with Gasteiger partial charge in [-0.25, -0.2) is 0 Å². The number of nitrogens with zero attached hydrogens (tertiary/aromatic N) is 2. The topological polar surface area (TPSA) is 25.8 Å². The van der Waals surface area contributed by atoms with Gasteiger partial charge < -0.3 is 0 Å². The van der Waals surface area contributed by atoms with Crippen molar-refractivity contribution in [3.8, 4) is 10.6 Å². The summed E-state index contributed by atoms with van der Waals surface area (Å²) in [6.45, 7) is 0. The second-order valence-electron chi connectivity index (χ2n) is 3.50. The van der Waals surface area contributed by atoms with E-state index in [1.165, 1.54) is 5.51 Å². The molecule has 0 amide bonds. The SMILES string of the molecule is FC(F)(F)c1ccc(-c2nncs2)c(C(F)(F)F)c1. The molecule has 2 nitrogen and oxygen atoms in total. The normalized spacial score (nSPS) is 12.7. The minimum atomic E-state index is -4.90. The van der Waals surface area contributed by atoms with Crippen LogP contribution in [0.4, 0.5) is 26.3 Å². The van der Waals surface area contributed by atoms with E-state index in [-0.39, 0.29) is 11.1 Å². The van der Waals surface area contributed by atoms with Crippen LogP contribution in [-0.2, 0) is 12.4 Å². The van der Waals surface area contributed by atoms with Crippen molar-refractivity contribution in [2.75, 3.05) is 0 Å². The van der Waals surface area contributed by atoms with Gasteiger partial charge in [0.25, 0.3) is 0 Å². The van der Waals surface area contributed by atoms with Crippen LogP contribution in [0.1, 0.15) is 11.1 Å². The lowest BCUT2D eigenvalue weighted by atomic mass is 10.0. The van der Waals surface area contributed by atoms with E-state index in [1.807, 2.05) is 0 Å². The molecule has 0 spiro atoms. The van der Waals surface area contributed by atoms with Crippen molar-refractivity contribution >= 4 is 11.3 Å². The van der Waals surface area contributed by atoms with Crippen molar-refractivity contribution in [1.82, 2.24) is 10.2 Å². The maximum atomic E-state index is 12.8. The summed E-state index contributed by atoms with van der Waals surface area (Å²) in [5.74, 6) is 0. The van der Waals surface area contributed by atoms with Gasteiger partial charge in [0.05, 0.1) is 11.1 Å². The van der Waals surface area contributed by atoms with Crippen molar-refractivity contribution in [1.29, 1.82) is 0 Å². The molecule has 0 aliphatic carbocycles. The zero-order valence-electron chi connectivity index (χ0n) is 8.88. The molecule has 2 aromatic rings. The van der Waals surface area contributed by atoms with Crippen molar-refractivity contribution < 1.29 is 26.3 Å². The van der Waals surface area contributed by atoms with Gasteiger partial charge >= 0.3 is 12.4 Å². The maximum Gasteiger partial charge on any atom is 0.417 e. The Morgan fingerprint density at radius 2 is 1.63 bits per heavy atom. The van der Waals surface area contributed by atoms with Crippen LogP contribution in [0.25, 0.3) is 10.6 Å². The molecule has 0 atom stereocenters. The quantitative estimate of drug-likeness (QED) is 0.736. The Balaban J connectivity index is 2.63. The number of rotatable bonds is 1. The van der Waals surface area contributed by atoms with Gasteiger partial charge in [-0.1, -0.05) is 17.4 Å². The molecule has 1 aromatic heterocycles. The molecule has 0 N–H and O–H groups in total. The molecule has 1 heterocycles.